The van der Waals surface area contributed by atoms with Crippen LogP contribution in [0.2, 0.25) is 0 Å². The highest BCUT2D eigenvalue weighted by atomic mass is 19.4. The lowest BCUT2D eigenvalue weighted by atomic mass is 9.86. The highest BCUT2D eigenvalue weighted by Crippen LogP contribution is 2.51. The third kappa shape index (κ3) is 6.95. The highest BCUT2D eigenvalue weighted by Gasteiger charge is 2.36. The zero-order valence-corrected chi connectivity index (χ0v) is 39.6. The van der Waals surface area contributed by atoms with E-state index < -0.39 is 11.7 Å². The molecule has 0 N–H and O–H groups in total. The van der Waals surface area contributed by atoms with E-state index >= 15 is 13.2 Å². The van der Waals surface area contributed by atoms with Gasteiger partial charge in [0.1, 0.15) is 0 Å². The first-order valence-corrected chi connectivity index (χ1v) is 23.3. The molecule has 11 aromatic rings. The largest absolute Gasteiger partial charge is 0.417 e. The molecule has 0 unspecified atom stereocenters. The van der Waals surface area contributed by atoms with Gasteiger partial charge in [0, 0.05) is 38.4 Å². The fraction of sp³-hybridized carbons (Fsp3) is 0.127. The van der Waals surface area contributed by atoms with Crippen LogP contribution in [0.5, 0.6) is 0 Å². The lowest BCUT2D eigenvalue weighted by Gasteiger charge is -2.25. The summed E-state index contributed by atoms with van der Waals surface area (Å²) in [7, 11) is 0. The molecular formula is C63H48F3N3. The smallest absolute Gasteiger partial charge is 0.310 e. The van der Waals surface area contributed by atoms with E-state index in [0.717, 1.165) is 54.7 Å². The van der Waals surface area contributed by atoms with Crippen LogP contribution in [0.25, 0.3) is 104 Å². The number of rotatable bonds is 6. The van der Waals surface area contributed by atoms with E-state index in [-0.39, 0.29) is 5.56 Å². The molecule has 6 heteroatoms. The minimum Gasteiger partial charge on any atom is -0.310 e. The summed E-state index contributed by atoms with van der Waals surface area (Å²) < 4.78 is 50.8. The van der Waals surface area contributed by atoms with E-state index in [1.54, 1.807) is 25.1 Å². The van der Waals surface area contributed by atoms with Crippen LogP contribution in [0.15, 0.2) is 164 Å². The average molecular weight is 904 g/mol. The van der Waals surface area contributed by atoms with Crippen molar-refractivity contribution >= 4 is 49.3 Å². The molecule has 0 saturated heterocycles. The van der Waals surface area contributed by atoms with Crippen molar-refractivity contribution in [3.63, 3.8) is 0 Å². The van der Waals surface area contributed by atoms with Gasteiger partial charge in [-0.2, -0.15) is 13.2 Å². The van der Waals surface area contributed by atoms with Crippen molar-refractivity contribution in [3.05, 3.63) is 220 Å². The van der Waals surface area contributed by atoms with Crippen LogP contribution in [0.1, 0.15) is 44.5 Å². The summed E-state index contributed by atoms with van der Waals surface area (Å²) in [4.78, 5) is 4.21. The van der Waals surface area contributed by atoms with Gasteiger partial charge in [0.25, 0.3) is 0 Å². The third-order valence-electron chi connectivity index (χ3n) is 14.0. The van der Waals surface area contributed by atoms with Crippen molar-refractivity contribution in [2.24, 2.45) is 0 Å². The van der Waals surface area contributed by atoms with Gasteiger partial charge in [-0.15, -0.1) is 0 Å². The zero-order chi connectivity index (χ0) is 48.0. The van der Waals surface area contributed by atoms with E-state index in [1.165, 1.54) is 56.6 Å². The fourth-order valence-corrected chi connectivity index (χ4v) is 11.6. The molecule has 0 aliphatic rings. The third-order valence-corrected chi connectivity index (χ3v) is 14.0. The van der Waals surface area contributed by atoms with Crippen molar-refractivity contribution in [2.75, 3.05) is 0 Å². The number of aromatic nitrogens is 2. The molecule has 0 atom stereocenters. The number of hydrogen-bond acceptors (Lipinski definition) is 0. The molecule has 0 aliphatic heterocycles. The SMILES string of the molecule is [C-]#[N+]c1cccc(-n2c3ccccc3c3cc(-c4c(C)cc(C)cc4C)ccc32)c1-c1c(-c2c(C)cccc2C(F)(F)F)cccc1-n1c2ccccc2c2cc(-c3c(C)cc(C)cc3C)ccc21. The maximum Gasteiger partial charge on any atom is 0.417 e. The molecule has 0 saturated carbocycles. The molecule has 3 nitrogen and oxygen atoms in total. The van der Waals surface area contributed by atoms with Gasteiger partial charge in [0.2, 0.25) is 0 Å². The normalized spacial score (nSPS) is 11.9. The van der Waals surface area contributed by atoms with Gasteiger partial charge < -0.3 is 9.13 Å². The molecule has 336 valence electrons. The second kappa shape index (κ2) is 16.3. The summed E-state index contributed by atoms with van der Waals surface area (Å²) in [6, 6.07) is 54.1. The number of para-hydroxylation sites is 2. The van der Waals surface area contributed by atoms with Gasteiger partial charge in [-0.1, -0.05) is 120 Å². The molecule has 2 heterocycles. The maximum absolute atomic E-state index is 15.5. The predicted molar refractivity (Wildman–Crippen MR) is 281 cm³/mol. The Balaban J connectivity index is 1.27. The lowest BCUT2D eigenvalue weighted by Crippen LogP contribution is -2.10. The zero-order valence-electron chi connectivity index (χ0n) is 39.6. The number of alkyl halides is 3. The molecule has 0 radical (unpaired) electrons. The van der Waals surface area contributed by atoms with E-state index in [2.05, 4.69) is 140 Å². The topological polar surface area (TPSA) is 14.2 Å². The molecule has 0 spiro atoms. The first-order valence-electron chi connectivity index (χ1n) is 23.3. The standard InChI is InChI=1S/C63H48F3N3/c1-36-30-39(4)58(40(5)31-36)43-26-28-54-48(34-43)45-17-9-11-22-52(45)68(54)56-24-14-19-47(60-38(3)16-13-20-50(60)63(64,65)66)61(56)62-51(67-8)21-15-25-57(62)69-53-23-12-10-18-46(53)49-35-44(27-29-55(49)69)59-41(6)32-37(2)33-42(59)7/h9-35H,1-7H3. The minimum absolute atomic E-state index is 0.0802. The van der Waals surface area contributed by atoms with Gasteiger partial charge in [0.05, 0.1) is 39.9 Å². The monoisotopic (exact) mass is 903 g/mol. The van der Waals surface area contributed by atoms with Crippen LogP contribution in [0.4, 0.5) is 18.9 Å². The number of hydrogen-bond donors (Lipinski definition) is 0. The van der Waals surface area contributed by atoms with Crippen LogP contribution in [-0.2, 0) is 6.18 Å². The van der Waals surface area contributed by atoms with E-state index in [0.29, 0.717) is 39.3 Å². The maximum atomic E-state index is 15.5. The molecular weight excluding hydrogens is 856 g/mol. The van der Waals surface area contributed by atoms with Crippen molar-refractivity contribution in [1.29, 1.82) is 0 Å². The Morgan fingerprint density at radius 3 is 1.33 bits per heavy atom. The van der Waals surface area contributed by atoms with Crippen LogP contribution in [0.3, 0.4) is 0 Å². The Morgan fingerprint density at radius 2 is 0.841 bits per heavy atom. The van der Waals surface area contributed by atoms with Gasteiger partial charge in [-0.3, -0.25) is 0 Å². The Bertz CT molecular complexity index is 3940. The number of benzene rings is 9. The lowest BCUT2D eigenvalue weighted by molar-refractivity contribution is -0.137. The van der Waals surface area contributed by atoms with Crippen LogP contribution in [0, 0.1) is 55.0 Å². The number of fused-ring (bicyclic) bond motifs is 6. The molecule has 9 aromatic carbocycles. The van der Waals surface area contributed by atoms with Crippen LogP contribution >= 0.6 is 0 Å². The molecule has 0 bridgehead atoms. The summed E-state index contributed by atoms with van der Waals surface area (Å²) in [5, 5.41) is 4.09. The summed E-state index contributed by atoms with van der Waals surface area (Å²) >= 11 is 0. The summed E-state index contributed by atoms with van der Waals surface area (Å²) in [5.41, 5.74) is 18.3. The molecule has 69 heavy (non-hydrogen) atoms. The Labute approximate surface area is 400 Å². The van der Waals surface area contributed by atoms with Crippen LogP contribution in [-0.4, -0.2) is 9.13 Å². The van der Waals surface area contributed by atoms with Gasteiger partial charge in [-0.05, 0) is 164 Å². The number of halogens is 3. The Morgan fingerprint density at radius 1 is 0.391 bits per heavy atom. The van der Waals surface area contributed by atoms with Gasteiger partial charge >= 0.3 is 6.18 Å². The van der Waals surface area contributed by atoms with Crippen molar-refractivity contribution < 1.29 is 13.2 Å². The second-order valence-corrected chi connectivity index (χ2v) is 18.7. The summed E-state index contributed by atoms with van der Waals surface area (Å²) in [6.07, 6.45) is -4.66. The number of aryl methyl sites for hydroxylation is 7. The Kier molecular flexibility index (Phi) is 10.2. The second-order valence-electron chi connectivity index (χ2n) is 18.7. The predicted octanol–water partition coefficient (Wildman–Crippen LogP) is 18.3. The van der Waals surface area contributed by atoms with E-state index in [4.69, 9.17) is 6.57 Å². The van der Waals surface area contributed by atoms with E-state index in [9.17, 15) is 0 Å². The fourth-order valence-electron chi connectivity index (χ4n) is 11.6. The first kappa shape index (κ1) is 43.4. The van der Waals surface area contributed by atoms with Crippen molar-refractivity contribution in [3.8, 4) is 55.9 Å². The summed E-state index contributed by atoms with van der Waals surface area (Å²) in [6.45, 7) is 23.4. The molecule has 0 amide bonds. The van der Waals surface area contributed by atoms with E-state index in [1.807, 2.05) is 48.5 Å². The molecule has 11 rings (SSSR count). The minimum atomic E-state index is -4.66. The average Bonchev–Trinajstić information content (AvgIpc) is 3.82. The highest BCUT2D eigenvalue weighted by molar-refractivity contribution is 6.14. The number of nitrogens with zero attached hydrogens (tertiary/aromatic N) is 3. The summed E-state index contributed by atoms with van der Waals surface area (Å²) in [5.74, 6) is 0. The van der Waals surface area contributed by atoms with Gasteiger partial charge in [0.15, 0.2) is 5.69 Å². The Hall–Kier alpha value is -8.14. The quantitative estimate of drug-likeness (QED) is 0.148. The van der Waals surface area contributed by atoms with Crippen LogP contribution < -0.4 is 0 Å². The van der Waals surface area contributed by atoms with Gasteiger partial charge in [-0.25, -0.2) is 4.85 Å². The van der Waals surface area contributed by atoms with Crippen molar-refractivity contribution in [1.82, 2.24) is 9.13 Å². The molecule has 0 aliphatic carbocycles. The molecule has 0 fully saturated rings. The van der Waals surface area contributed by atoms with Crippen molar-refractivity contribution in [2.45, 2.75) is 54.6 Å². The first-order chi connectivity index (χ1) is 33.2. The molecule has 2 aromatic heterocycles.